The Balaban J connectivity index is 1.92. The van der Waals surface area contributed by atoms with E-state index in [-0.39, 0.29) is 11.9 Å². The Morgan fingerprint density at radius 3 is 3.00 bits per heavy atom. The number of aromatic nitrogens is 1. The lowest BCUT2D eigenvalue weighted by atomic mass is 10.1. The summed E-state index contributed by atoms with van der Waals surface area (Å²) >= 11 is 0. The predicted molar refractivity (Wildman–Crippen MR) is 61.9 cm³/mol. The third kappa shape index (κ3) is 1.96. The molecule has 3 nitrogen and oxygen atoms in total. The lowest BCUT2D eigenvalue weighted by Gasteiger charge is -2.03. The number of hydrogen-bond donors (Lipinski definition) is 1. The summed E-state index contributed by atoms with van der Waals surface area (Å²) in [4.78, 5) is 0. The van der Waals surface area contributed by atoms with E-state index in [4.69, 9.17) is 4.52 Å². The molecule has 2 heterocycles. The molecule has 0 bridgehead atoms. The molecule has 0 saturated carbocycles. The topological polar surface area (TPSA) is 38.1 Å². The van der Waals surface area contributed by atoms with Crippen molar-refractivity contribution >= 4 is 0 Å². The molecule has 17 heavy (non-hydrogen) atoms. The van der Waals surface area contributed by atoms with Crippen molar-refractivity contribution in [1.29, 1.82) is 0 Å². The number of rotatable bonds is 2. The van der Waals surface area contributed by atoms with Crippen molar-refractivity contribution in [1.82, 2.24) is 10.5 Å². The molecule has 2 aromatic rings. The number of benzene rings is 1. The van der Waals surface area contributed by atoms with Gasteiger partial charge in [0.2, 0.25) is 0 Å². The molecule has 1 atom stereocenters. The number of nitrogens with zero attached hydrogens (tertiary/aromatic N) is 1. The van der Waals surface area contributed by atoms with E-state index in [2.05, 4.69) is 10.5 Å². The summed E-state index contributed by atoms with van der Waals surface area (Å²) in [6.45, 7) is 1.01. The van der Waals surface area contributed by atoms with Crippen LogP contribution in [0.4, 0.5) is 4.39 Å². The molecule has 4 heteroatoms. The molecule has 88 valence electrons. The molecule has 1 aromatic carbocycles. The average Bonchev–Trinajstić information content (AvgIpc) is 3.00. The molecule has 0 amide bonds. The van der Waals surface area contributed by atoms with Gasteiger partial charge in [0.15, 0.2) is 5.76 Å². The van der Waals surface area contributed by atoms with E-state index in [9.17, 15) is 4.39 Å². The highest BCUT2D eigenvalue weighted by molar-refractivity contribution is 5.58. The minimum atomic E-state index is -0.283. The van der Waals surface area contributed by atoms with Crippen LogP contribution in [-0.4, -0.2) is 11.7 Å². The van der Waals surface area contributed by atoms with Crippen LogP contribution in [0.15, 0.2) is 34.9 Å². The Bertz CT molecular complexity index is 518. The normalized spacial score (nSPS) is 19.7. The first-order valence-corrected chi connectivity index (χ1v) is 5.79. The van der Waals surface area contributed by atoms with Gasteiger partial charge in [0.05, 0.1) is 11.6 Å². The maximum atomic E-state index is 13.6. The molecule has 1 aromatic heterocycles. The minimum absolute atomic E-state index is 0.249. The number of hydrogen-bond acceptors (Lipinski definition) is 3. The molecule has 0 radical (unpaired) electrons. The summed E-state index contributed by atoms with van der Waals surface area (Å²) in [7, 11) is 0. The second-order valence-electron chi connectivity index (χ2n) is 4.24. The van der Waals surface area contributed by atoms with Gasteiger partial charge in [-0.15, -0.1) is 0 Å². The molecule has 1 aliphatic heterocycles. The smallest absolute Gasteiger partial charge is 0.170 e. The molecule has 1 aliphatic rings. The third-order valence-electron chi connectivity index (χ3n) is 3.09. The first-order valence-electron chi connectivity index (χ1n) is 5.79. The van der Waals surface area contributed by atoms with Crippen LogP contribution in [0.5, 0.6) is 0 Å². The summed E-state index contributed by atoms with van der Waals surface area (Å²) < 4.78 is 18.8. The highest BCUT2D eigenvalue weighted by atomic mass is 19.1. The summed E-state index contributed by atoms with van der Waals surface area (Å²) in [5, 5.41) is 7.35. The van der Waals surface area contributed by atoms with E-state index in [1.54, 1.807) is 18.2 Å². The van der Waals surface area contributed by atoms with Crippen LogP contribution in [0.1, 0.15) is 24.6 Å². The van der Waals surface area contributed by atoms with E-state index in [0.717, 1.165) is 25.1 Å². The van der Waals surface area contributed by atoms with Gasteiger partial charge in [-0.1, -0.05) is 17.3 Å². The molecule has 1 fully saturated rings. The zero-order valence-electron chi connectivity index (χ0n) is 9.32. The van der Waals surface area contributed by atoms with Gasteiger partial charge in [-0.2, -0.15) is 0 Å². The number of halogens is 1. The van der Waals surface area contributed by atoms with Crippen molar-refractivity contribution in [3.8, 4) is 11.3 Å². The van der Waals surface area contributed by atoms with Gasteiger partial charge in [-0.3, -0.25) is 0 Å². The highest BCUT2D eigenvalue weighted by Gasteiger charge is 2.21. The van der Waals surface area contributed by atoms with Crippen LogP contribution in [0, 0.1) is 5.82 Å². The minimum Gasteiger partial charge on any atom is -0.356 e. The molecular formula is C13H13FN2O. The van der Waals surface area contributed by atoms with Crippen molar-refractivity contribution in [2.24, 2.45) is 0 Å². The SMILES string of the molecule is Fc1ccccc1-c1cc(C2CCCN2)no1. The van der Waals surface area contributed by atoms with Crippen molar-refractivity contribution in [3.05, 3.63) is 41.8 Å². The quantitative estimate of drug-likeness (QED) is 0.865. The zero-order chi connectivity index (χ0) is 11.7. The van der Waals surface area contributed by atoms with Crippen molar-refractivity contribution in [2.45, 2.75) is 18.9 Å². The lowest BCUT2D eigenvalue weighted by molar-refractivity contribution is 0.410. The van der Waals surface area contributed by atoms with E-state index in [1.807, 2.05) is 6.07 Å². The van der Waals surface area contributed by atoms with Gasteiger partial charge < -0.3 is 9.84 Å². The number of nitrogens with one attached hydrogen (secondary N) is 1. The van der Waals surface area contributed by atoms with Gasteiger partial charge in [0.1, 0.15) is 11.5 Å². The summed E-state index contributed by atoms with van der Waals surface area (Å²) in [6.07, 6.45) is 2.20. The Hall–Kier alpha value is -1.68. The van der Waals surface area contributed by atoms with Crippen LogP contribution >= 0.6 is 0 Å². The second-order valence-corrected chi connectivity index (χ2v) is 4.24. The Morgan fingerprint density at radius 2 is 2.24 bits per heavy atom. The van der Waals surface area contributed by atoms with E-state index in [1.165, 1.54) is 6.07 Å². The van der Waals surface area contributed by atoms with Crippen LogP contribution in [0.2, 0.25) is 0 Å². The molecule has 1 saturated heterocycles. The van der Waals surface area contributed by atoms with E-state index < -0.39 is 0 Å². The standard InChI is InChI=1S/C13H13FN2O/c14-10-5-2-1-4-9(10)13-8-12(16-17-13)11-6-3-7-15-11/h1-2,4-5,8,11,15H,3,6-7H2. The maximum absolute atomic E-state index is 13.6. The van der Waals surface area contributed by atoms with Crippen LogP contribution in [0.3, 0.4) is 0 Å². The molecule has 0 spiro atoms. The third-order valence-corrected chi connectivity index (χ3v) is 3.09. The second kappa shape index (κ2) is 4.30. The summed E-state index contributed by atoms with van der Waals surface area (Å²) in [6, 6.07) is 8.64. The van der Waals surface area contributed by atoms with Crippen molar-refractivity contribution in [3.63, 3.8) is 0 Å². The molecule has 1 unspecified atom stereocenters. The van der Waals surface area contributed by atoms with Crippen LogP contribution in [-0.2, 0) is 0 Å². The molecular weight excluding hydrogens is 219 g/mol. The van der Waals surface area contributed by atoms with Crippen LogP contribution < -0.4 is 5.32 Å². The van der Waals surface area contributed by atoms with Crippen molar-refractivity contribution in [2.75, 3.05) is 6.54 Å². The first-order chi connectivity index (χ1) is 8.34. The monoisotopic (exact) mass is 232 g/mol. The fraction of sp³-hybridized carbons (Fsp3) is 0.308. The molecule has 3 rings (SSSR count). The predicted octanol–water partition coefficient (Wildman–Crippen LogP) is 2.91. The van der Waals surface area contributed by atoms with Crippen molar-refractivity contribution < 1.29 is 8.91 Å². The van der Waals surface area contributed by atoms with Crippen LogP contribution in [0.25, 0.3) is 11.3 Å². The van der Waals surface area contributed by atoms with Gasteiger partial charge in [0.25, 0.3) is 0 Å². The maximum Gasteiger partial charge on any atom is 0.170 e. The molecule has 1 N–H and O–H groups in total. The first kappa shape index (κ1) is 10.5. The Morgan fingerprint density at radius 1 is 1.35 bits per heavy atom. The lowest BCUT2D eigenvalue weighted by Crippen LogP contribution is -2.12. The fourth-order valence-electron chi connectivity index (χ4n) is 2.18. The van der Waals surface area contributed by atoms with Gasteiger partial charge >= 0.3 is 0 Å². The highest BCUT2D eigenvalue weighted by Crippen LogP contribution is 2.28. The molecule has 0 aliphatic carbocycles. The van der Waals surface area contributed by atoms with Gasteiger partial charge in [0, 0.05) is 6.07 Å². The summed E-state index contributed by atoms with van der Waals surface area (Å²) in [5.41, 5.74) is 1.32. The zero-order valence-corrected chi connectivity index (χ0v) is 9.32. The average molecular weight is 232 g/mol. The Kier molecular flexibility index (Phi) is 2.65. The Labute approximate surface area is 98.6 Å². The van der Waals surface area contributed by atoms with E-state index in [0.29, 0.717) is 11.3 Å². The largest absolute Gasteiger partial charge is 0.356 e. The van der Waals surface area contributed by atoms with Gasteiger partial charge in [-0.05, 0) is 31.5 Å². The van der Waals surface area contributed by atoms with Gasteiger partial charge in [-0.25, -0.2) is 4.39 Å². The van der Waals surface area contributed by atoms with E-state index >= 15 is 0 Å². The fourth-order valence-corrected chi connectivity index (χ4v) is 2.18. The summed E-state index contributed by atoms with van der Waals surface area (Å²) in [5.74, 6) is 0.210.